The first-order valence-electron chi connectivity index (χ1n) is 8.48. The van der Waals surface area contributed by atoms with E-state index in [9.17, 15) is 13.6 Å². The Morgan fingerprint density at radius 2 is 2.00 bits per heavy atom. The van der Waals surface area contributed by atoms with Crippen LogP contribution >= 0.6 is 15.9 Å². The standard InChI is InChI=1S/C18H22BrF2N3O2/c1-17(2,3)26-16(25)24-10-18(20,21)8-14(24)15-22-9-13(23-15)11-4-6-12(19)7-5-11/h4-7,13-14H,8-10H2,1-3H3,(H,22,23)/t13?,14-/m0/s1. The number of likely N-dealkylation sites (tertiary alicyclic amines) is 1. The number of hydrogen-bond acceptors (Lipinski definition) is 4. The third kappa shape index (κ3) is 4.34. The van der Waals surface area contributed by atoms with Gasteiger partial charge in [0.25, 0.3) is 5.92 Å². The molecule has 3 rings (SSSR count). The number of halogens is 3. The normalized spacial score (nSPS) is 25.0. The predicted octanol–water partition coefficient (Wildman–Crippen LogP) is 4.14. The Balaban J connectivity index is 1.74. The van der Waals surface area contributed by atoms with Crippen LogP contribution in [0.1, 0.15) is 38.8 Å². The van der Waals surface area contributed by atoms with E-state index in [0.29, 0.717) is 12.4 Å². The summed E-state index contributed by atoms with van der Waals surface area (Å²) in [6.45, 7) is 4.92. The van der Waals surface area contributed by atoms with Crippen molar-refractivity contribution in [1.82, 2.24) is 10.2 Å². The molecule has 2 aliphatic heterocycles. The molecule has 0 aromatic heterocycles. The van der Waals surface area contributed by atoms with Gasteiger partial charge in [-0.2, -0.15) is 0 Å². The zero-order valence-electron chi connectivity index (χ0n) is 14.9. The van der Waals surface area contributed by atoms with E-state index >= 15 is 0 Å². The number of ether oxygens (including phenoxy) is 1. The van der Waals surface area contributed by atoms with Gasteiger partial charge in [-0.15, -0.1) is 0 Å². The van der Waals surface area contributed by atoms with E-state index in [1.54, 1.807) is 20.8 Å². The molecule has 0 aliphatic carbocycles. The Hall–Kier alpha value is -1.70. The van der Waals surface area contributed by atoms with Gasteiger partial charge in [-0.1, -0.05) is 28.1 Å². The van der Waals surface area contributed by atoms with Crippen LogP contribution in [-0.4, -0.2) is 47.5 Å². The van der Waals surface area contributed by atoms with Crippen molar-refractivity contribution >= 4 is 27.9 Å². The molecule has 1 aromatic carbocycles. The summed E-state index contributed by atoms with van der Waals surface area (Å²) >= 11 is 3.39. The summed E-state index contributed by atoms with van der Waals surface area (Å²) in [7, 11) is 0. The molecule has 1 amide bonds. The van der Waals surface area contributed by atoms with Crippen molar-refractivity contribution in [2.45, 2.75) is 50.8 Å². The lowest BCUT2D eigenvalue weighted by atomic mass is 10.1. The van der Waals surface area contributed by atoms with Crippen molar-refractivity contribution in [2.75, 3.05) is 13.1 Å². The van der Waals surface area contributed by atoms with Crippen LogP contribution in [0.5, 0.6) is 0 Å². The number of rotatable bonds is 2. The molecular formula is C18H22BrF2N3O2. The maximum absolute atomic E-state index is 14.0. The number of aliphatic imine (C=N–C) groups is 1. The SMILES string of the molecule is CC(C)(C)OC(=O)N1CC(F)(F)C[C@H]1C1=NCC(c2ccc(Br)cc2)N1. The van der Waals surface area contributed by atoms with Gasteiger partial charge in [0.15, 0.2) is 0 Å². The maximum Gasteiger partial charge on any atom is 0.411 e. The molecule has 1 unspecified atom stereocenters. The molecule has 1 N–H and O–H groups in total. The molecule has 8 heteroatoms. The molecule has 0 bridgehead atoms. The van der Waals surface area contributed by atoms with E-state index in [4.69, 9.17) is 4.74 Å². The Morgan fingerprint density at radius 1 is 1.35 bits per heavy atom. The molecule has 2 aliphatic rings. The van der Waals surface area contributed by atoms with Crippen molar-refractivity contribution < 1.29 is 18.3 Å². The van der Waals surface area contributed by atoms with Crippen LogP contribution in [0.3, 0.4) is 0 Å². The second-order valence-corrected chi connectivity index (χ2v) is 8.57. The minimum atomic E-state index is -2.96. The number of alkyl halides is 2. The minimum Gasteiger partial charge on any atom is -0.444 e. The Bertz CT molecular complexity index is 716. The fourth-order valence-electron chi connectivity index (χ4n) is 3.12. The highest BCUT2D eigenvalue weighted by molar-refractivity contribution is 9.10. The average Bonchev–Trinajstić information content (AvgIpc) is 3.10. The summed E-state index contributed by atoms with van der Waals surface area (Å²) in [5.41, 5.74) is 0.269. The minimum absolute atomic E-state index is 0.0900. The lowest BCUT2D eigenvalue weighted by molar-refractivity contribution is -0.00210. The highest BCUT2D eigenvalue weighted by Gasteiger charge is 2.51. The second kappa shape index (κ2) is 6.79. The summed E-state index contributed by atoms with van der Waals surface area (Å²) in [6, 6.07) is 6.86. The van der Waals surface area contributed by atoms with E-state index in [2.05, 4.69) is 26.2 Å². The van der Waals surface area contributed by atoms with Gasteiger partial charge in [-0.05, 0) is 38.5 Å². The molecule has 0 spiro atoms. The molecule has 142 valence electrons. The first-order chi connectivity index (χ1) is 12.0. The number of hydrogen-bond donors (Lipinski definition) is 1. The lowest BCUT2D eigenvalue weighted by Gasteiger charge is -2.28. The van der Waals surface area contributed by atoms with Gasteiger partial charge in [0.05, 0.1) is 25.2 Å². The number of benzene rings is 1. The summed E-state index contributed by atoms with van der Waals surface area (Å²) < 4.78 is 34.3. The quantitative estimate of drug-likeness (QED) is 0.768. The number of amides is 1. The maximum atomic E-state index is 14.0. The van der Waals surface area contributed by atoms with Gasteiger partial charge in [0.2, 0.25) is 0 Å². The number of carbonyl (C=O) groups excluding carboxylic acids is 1. The lowest BCUT2D eigenvalue weighted by Crippen LogP contribution is -2.46. The van der Waals surface area contributed by atoms with Gasteiger partial charge in [0.1, 0.15) is 11.4 Å². The van der Waals surface area contributed by atoms with E-state index < -0.39 is 36.6 Å². The molecule has 1 saturated heterocycles. The van der Waals surface area contributed by atoms with Crippen LogP contribution in [0.2, 0.25) is 0 Å². The predicted molar refractivity (Wildman–Crippen MR) is 98.6 cm³/mol. The van der Waals surface area contributed by atoms with Crippen LogP contribution in [0.4, 0.5) is 13.6 Å². The Kier molecular flexibility index (Phi) is 4.98. The van der Waals surface area contributed by atoms with Gasteiger partial charge in [-0.25, -0.2) is 13.6 Å². The zero-order valence-corrected chi connectivity index (χ0v) is 16.5. The molecule has 0 saturated carbocycles. The molecule has 2 atom stereocenters. The van der Waals surface area contributed by atoms with Gasteiger partial charge in [0, 0.05) is 10.9 Å². The van der Waals surface area contributed by atoms with Gasteiger partial charge in [-0.3, -0.25) is 9.89 Å². The van der Waals surface area contributed by atoms with Crippen molar-refractivity contribution in [2.24, 2.45) is 4.99 Å². The molecule has 0 radical (unpaired) electrons. The number of carbonyl (C=O) groups is 1. The van der Waals surface area contributed by atoms with Crippen LogP contribution in [0.15, 0.2) is 33.7 Å². The van der Waals surface area contributed by atoms with E-state index in [1.165, 1.54) is 0 Å². The Labute approximate surface area is 159 Å². The molecular weight excluding hydrogens is 408 g/mol. The number of amidine groups is 1. The van der Waals surface area contributed by atoms with E-state index in [-0.39, 0.29) is 6.04 Å². The fraction of sp³-hybridized carbons (Fsp3) is 0.556. The Morgan fingerprint density at radius 3 is 2.62 bits per heavy atom. The van der Waals surface area contributed by atoms with Gasteiger partial charge >= 0.3 is 6.09 Å². The summed E-state index contributed by atoms with van der Waals surface area (Å²) in [6.07, 6.45) is -1.19. The monoisotopic (exact) mass is 429 g/mol. The largest absolute Gasteiger partial charge is 0.444 e. The third-order valence-electron chi connectivity index (χ3n) is 4.25. The highest BCUT2D eigenvalue weighted by atomic mass is 79.9. The van der Waals surface area contributed by atoms with E-state index in [1.807, 2.05) is 24.3 Å². The molecule has 1 fully saturated rings. The first kappa shape index (κ1) is 19.1. The average molecular weight is 430 g/mol. The molecule has 2 heterocycles. The topological polar surface area (TPSA) is 53.9 Å². The van der Waals surface area contributed by atoms with Crippen LogP contribution in [-0.2, 0) is 4.74 Å². The first-order valence-corrected chi connectivity index (χ1v) is 9.27. The highest BCUT2D eigenvalue weighted by Crippen LogP contribution is 2.35. The van der Waals surface area contributed by atoms with Gasteiger partial charge < -0.3 is 10.1 Å². The van der Waals surface area contributed by atoms with Crippen molar-refractivity contribution in [1.29, 1.82) is 0 Å². The second-order valence-electron chi connectivity index (χ2n) is 7.66. The van der Waals surface area contributed by atoms with Crippen LogP contribution in [0.25, 0.3) is 0 Å². The smallest absolute Gasteiger partial charge is 0.411 e. The van der Waals surface area contributed by atoms with Crippen LogP contribution < -0.4 is 5.32 Å². The summed E-state index contributed by atoms with van der Waals surface area (Å²) in [4.78, 5) is 17.9. The van der Waals surface area contributed by atoms with Crippen LogP contribution in [0, 0.1) is 0 Å². The molecule has 1 aromatic rings. The summed E-state index contributed by atoms with van der Waals surface area (Å²) in [5.74, 6) is -2.54. The van der Waals surface area contributed by atoms with Crippen molar-refractivity contribution in [3.8, 4) is 0 Å². The zero-order chi connectivity index (χ0) is 19.1. The van der Waals surface area contributed by atoms with Crippen molar-refractivity contribution in [3.05, 3.63) is 34.3 Å². The summed E-state index contributed by atoms with van der Waals surface area (Å²) in [5, 5.41) is 3.21. The number of nitrogens with zero attached hydrogens (tertiary/aromatic N) is 2. The molecule has 26 heavy (non-hydrogen) atoms. The third-order valence-corrected chi connectivity index (χ3v) is 4.78. The van der Waals surface area contributed by atoms with Crippen molar-refractivity contribution in [3.63, 3.8) is 0 Å². The molecule has 5 nitrogen and oxygen atoms in total. The fourth-order valence-corrected chi connectivity index (χ4v) is 3.38. The van der Waals surface area contributed by atoms with E-state index in [0.717, 1.165) is 14.9 Å². The number of nitrogens with one attached hydrogen (secondary N) is 1.